The number of allylic oxidation sites excluding steroid dienone is 1. The molecule has 1 aliphatic heterocycles. The Hall–Kier alpha value is -1.92. The third kappa shape index (κ3) is 5.07. The van der Waals surface area contributed by atoms with Gasteiger partial charge in [0, 0.05) is 19.3 Å². The molecule has 6 nitrogen and oxygen atoms in total. The van der Waals surface area contributed by atoms with Crippen LogP contribution in [0.25, 0.3) is 6.08 Å². The standard InChI is InChI=1S/C13H17N3O3/c17-13(11-16-6-9-18-10-7-16)15-14-5-1-3-12-4-2-8-19-12/h1-5,8H,6-7,9-11H2,(H,15,17)/b3-1+,14-5+. The van der Waals surface area contributed by atoms with Crippen LogP contribution in [0, 0.1) is 0 Å². The molecule has 19 heavy (non-hydrogen) atoms. The van der Waals surface area contributed by atoms with Crippen LogP contribution in [0.3, 0.4) is 0 Å². The first-order valence-corrected chi connectivity index (χ1v) is 6.17. The fourth-order valence-electron chi connectivity index (χ4n) is 1.67. The van der Waals surface area contributed by atoms with Gasteiger partial charge in [-0.2, -0.15) is 5.10 Å². The van der Waals surface area contributed by atoms with Crippen molar-refractivity contribution >= 4 is 18.2 Å². The van der Waals surface area contributed by atoms with Crippen molar-refractivity contribution in [2.75, 3.05) is 32.8 Å². The maximum absolute atomic E-state index is 11.6. The van der Waals surface area contributed by atoms with Crippen LogP contribution in [-0.4, -0.2) is 49.9 Å². The maximum Gasteiger partial charge on any atom is 0.254 e. The van der Waals surface area contributed by atoms with E-state index in [0.29, 0.717) is 19.8 Å². The lowest BCUT2D eigenvalue weighted by molar-refractivity contribution is -0.123. The van der Waals surface area contributed by atoms with Gasteiger partial charge in [-0.25, -0.2) is 5.43 Å². The average Bonchev–Trinajstić information content (AvgIpc) is 2.92. The van der Waals surface area contributed by atoms with E-state index in [1.165, 1.54) is 6.21 Å². The van der Waals surface area contributed by atoms with Gasteiger partial charge < -0.3 is 9.15 Å². The molecule has 102 valence electrons. The van der Waals surface area contributed by atoms with E-state index in [4.69, 9.17) is 9.15 Å². The summed E-state index contributed by atoms with van der Waals surface area (Å²) in [6, 6.07) is 3.64. The summed E-state index contributed by atoms with van der Waals surface area (Å²) in [6.07, 6.45) is 6.58. The van der Waals surface area contributed by atoms with Crippen LogP contribution in [0.5, 0.6) is 0 Å². The molecule has 2 heterocycles. The number of hydrogen-bond donors (Lipinski definition) is 1. The van der Waals surface area contributed by atoms with E-state index in [9.17, 15) is 4.79 Å². The predicted molar refractivity (Wildman–Crippen MR) is 71.6 cm³/mol. The number of nitrogens with one attached hydrogen (secondary N) is 1. The Labute approximate surface area is 111 Å². The minimum absolute atomic E-state index is 0.121. The number of hydrogen-bond acceptors (Lipinski definition) is 5. The van der Waals surface area contributed by atoms with E-state index >= 15 is 0 Å². The second kappa shape index (κ2) is 7.50. The highest BCUT2D eigenvalue weighted by molar-refractivity contribution is 5.81. The molecule has 0 saturated carbocycles. The molecule has 1 aliphatic rings. The number of hydrazone groups is 1. The number of morpholine rings is 1. The summed E-state index contributed by atoms with van der Waals surface area (Å²) in [5.41, 5.74) is 2.48. The molecule has 1 amide bonds. The van der Waals surface area contributed by atoms with Gasteiger partial charge in [0.05, 0.1) is 26.0 Å². The summed E-state index contributed by atoms with van der Waals surface area (Å²) in [5.74, 6) is 0.621. The third-order valence-corrected chi connectivity index (χ3v) is 2.62. The summed E-state index contributed by atoms with van der Waals surface area (Å²) in [5, 5.41) is 3.83. The minimum atomic E-state index is -0.121. The lowest BCUT2D eigenvalue weighted by Crippen LogP contribution is -2.42. The first kappa shape index (κ1) is 13.5. The molecule has 1 N–H and O–H groups in total. The second-order valence-corrected chi connectivity index (χ2v) is 4.08. The van der Waals surface area contributed by atoms with Crippen molar-refractivity contribution in [3.05, 3.63) is 30.2 Å². The number of nitrogens with zero attached hydrogens (tertiary/aromatic N) is 2. The zero-order valence-corrected chi connectivity index (χ0v) is 10.6. The van der Waals surface area contributed by atoms with Gasteiger partial charge in [0.2, 0.25) is 0 Å². The largest absolute Gasteiger partial charge is 0.465 e. The molecule has 1 saturated heterocycles. The molecule has 1 aromatic rings. The Balaban J connectivity index is 1.65. The van der Waals surface area contributed by atoms with Crippen molar-refractivity contribution in [2.45, 2.75) is 0 Å². The molecule has 2 rings (SSSR count). The number of ether oxygens (including phenoxy) is 1. The molecule has 1 aromatic heterocycles. The van der Waals surface area contributed by atoms with Gasteiger partial charge in [-0.3, -0.25) is 9.69 Å². The summed E-state index contributed by atoms with van der Waals surface area (Å²) >= 11 is 0. The highest BCUT2D eigenvalue weighted by Gasteiger charge is 2.13. The Bertz CT molecular complexity index is 434. The molecule has 0 spiro atoms. The van der Waals surface area contributed by atoms with Crippen molar-refractivity contribution in [1.29, 1.82) is 0 Å². The van der Waals surface area contributed by atoms with E-state index in [2.05, 4.69) is 10.5 Å². The summed E-state index contributed by atoms with van der Waals surface area (Å²) < 4.78 is 10.3. The molecule has 0 aliphatic carbocycles. The minimum Gasteiger partial charge on any atom is -0.465 e. The van der Waals surface area contributed by atoms with Crippen LogP contribution in [0.15, 0.2) is 34.0 Å². The van der Waals surface area contributed by atoms with Crippen molar-refractivity contribution < 1.29 is 13.9 Å². The number of furan rings is 1. The van der Waals surface area contributed by atoms with Gasteiger partial charge in [0.15, 0.2) is 0 Å². The number of carbonyl (C=O) groups excluding carboxylic acids is 1. The first-order chi connectivity index (χ1) is 9.34. The van der Waals surface area contributed by atoms with Crippen LogP contribution in [0.4, 0.5) is 0 Å². The molecule has 0 aromatic carbocycles. The zero-order chi connectivity index (χ0) is 13.3. The SMILES string of the molecule is O=C(CN1CCOCC1)N/N=C/C=C/c1ccco1. The maximum atomic E-state index is 11.6. The topological polar surface area (TPSA) is 67.1 Å². The molecule has 1 fully saturated rings. The van der Waals surface area contributed by atoms with E-state index in [-0.39, 0.29) is 5.91 Å². The van der Waals surface area contributed by atoms with Gasteiger partial charge in [-0.1, -0.05) is 0 Å². The quantitative estimate of drug-likeness (QED) is 0.628. The highest BCUT2D eigenvalue weighted by atomic mass is 16.5. The predicted octanol–water partition coefficient (Wildman–Crippen LogP) is 0.727. The Morgan fingerprint density at radius 3 is 3.05 bits per heavy atom. The molecule has 0 bridgehead atoms. The first-order valence-electron chi connectivity index (χ1n) is 6.17. The van der Waals surface area contributed by atoms with E-state index in [0.717, 1.165) is 18.8 Å². The summed E-state index contributed by atoms with van der Waals surface area (Å²) in [4.78, 5) is 13.6. The van der Waals surface area contributed by atoms with Gasteiger partial charge in [0.1, 0.15) is 5.76 Å². The molecule has 0 unspecified atom stereocenters. The molecule has 6 heteroatoms. The third-order valence-electron chi connectivity index (χ3n) is 2.62. The Morgan fingerprint density at radius 2 is 2.32 bits per heavy atom. The molecule has 0 radical (unpaired) electrons. The van der Waals surface area contributed by atoms with Crippen LogP contribution in [0.2, 0.25) is 0 Å². The van der Waals surface area contributed by atoms with Crippen molar-refractivity contribution in [3.8, 4) is 0 Å². The van der Waals surface area contributed by atoms with Crippen LogP contribution < -0.4 is 5.43 Å². The van der Waals surface area contributed by atoms with E-state index in [1.54, 1.807) is 24.5 Å². The van der Waals surface area contributed by atoms with Crippen LogP contribution >= 0.6 is 0 Å². The van der Waals surface area contributed by atoms with Crippen molar-refractivity contribution in [2.24, 2.45) is 5.10 Å². The fraction of sp³-hybridized carbons (Fsp3) is 0.385. The number of carbonyl (C=O) groups is 1. The summed E-state index contributed by atoms with van der Waals surface area (Å²) in [7, 11) is 0. The molecular weight excluding hydrogens is 246 g/mol. The lowest BCUT2D eigenvalue weighted by Gasteiger charge is -2.25. The van der Waals surface area contributed by atoms with Gasteiger partial charge in [-0.15, -0.1) is 0 Å². The normalized spacial score (nSPS) is 17.3. The molecule has 0 atom stereocenters. The van der Waals surface area contributed by atoms with Crippen molar-refractivity contribution in [3.63, 3.8) is 0 Å². The lowest BCUT2D eigenvalue weighted by atomic mass is 10.4. The van der Waals surface area contributed by atoms with Gasteiger partial charge in [-0.05, 0) is 24.3 Å². The fourth-order valence-corrected chi connectivity index (χ4v) is 1.67. The number of rotatable bonds is 5. The van der Waals surface area contributed by atoms with Crippen LogP contribution in [0.1, 0.15) is 5.76 Å². The monoisotopic (exact) mass is 263 g/mol. The van der Waals surface area contributed by atoms with E-state index in [1.807, 2.05) is 11.0 Å². The Morgan fingerprint density at radius 1 is 1.47 bits per heavy atom. The highest BCUT2D eigenvalue weighted by Crippen LogP contribution is 2.00. The summed E-state index contributed by atoms with van der Waals surface area (Å²) in [6.45, 7) is 3.29. The smallest absolute Gasteiger partial charge is 0.254 e. The number of amides is 1. The zero-order valence-electron chi connectivity index (χ0n) is 10.6. The van der Waals surface area contributed by atoms with Crippen molar-refractivity contribution in [1.82, 2.24) is 10.3 Å². The van der Waals surface area contributed by atoms with Crippen LogP contribution in [-0.2, 0) is 9.53 Å². The van der Waals surface area contributed by atoms with Gasteiger partial charge >= 0.3 is 0 Å². The Kier molecular flexibility index (Phi) is 5.33. The average molecular weight is 263 g/mol. The van der Waals surface area contributed by atoms with Gasteiger partial charge in [0.25, 0.3) is 5.91 Å². The second-order valence-electron chi connectivity index (χ2n) is 4.08. The molecular formula is C13H17N3O3. The van der Waals surface area contributed by atoms with E-state index < -0.39 is 0 Å².